The number of hydrogen-bond acceptors (Lipinski definition) is 3. The number of aliphatic hydroxyl groups excluding tert-OH is 1. The Labute approximate surface area is 127 Å². The molecule has 0 spiro atoms. The number of hydrogen-bond donors (Lipinski definition) is 1. The van der Waals surface area contributed by atoms with Crippen molar-refractivity contribution in [3.63, 3.8) is 0 Å². The van der Waals surface area contributed by atoms with Gasteiger partial charge in [0.05, 0.1) is 12.6 Å². The van der Waals surface area contributed by atoms with Crippen LogP contribution in [0.5, 0.6) is 0 Å². The Bertz CT molecular complexity index is 499. The smallest absolute Gasteiger partial charge is 0.0526 e. The normalized spacial score (nSPS) is 32.9. The average Bonchev–Trinajstić information content (AvgIpc) is 2.47. The maximum absolute atomic E-state index is 12.1. The Morgan fingerprint density at radius 2 is 2.19 bits per heavy atom. The fraction of sp³-hybridized carbons (Fsp3) is 0.611. The van der Waals surface area contributed by atoms with E-state index in [9.17, 15) is 15.0 Å². The highest BCUT2D eigenvalue weighted by Gasteiger charge is 2.52. The summed E-state index contributed by atoms with van der Waals surface area (Å²) in [5.74, 6) is -1.25. The van der Waals surface area contributed by atoms with Crippen LogP contribution in [0.1, 0.15) is 40.0 Å². The zero-order valence-electron chi connectivity index (χ0n) is 13.1. The van der Waals surface area contributed by atoms with E-state index in [-0.39, 0.29) is 12.5 Å². The first-order valence-electron chi connectivity index (χ1n) is 7.70. The lowest BCUT2D eigenvalue weighted by Gasteiger charge is -2.54. The van der Waals surface area contributed by atoms with E-state index in [0.29, 0.717) is 0 Å². The molecule has 0 bridgehead atoms. The van der Waals surface area contributed by atoms with E-state index < -0.39 is 22.7 Å². The lowest BCUT2D eigenvalue weighted by atomic mass is 9.51. The van der Waals surface area contributed by atoms with Gasteiger partial charge in [0.25, 0.3) is 0 Å². The summed E-state index contributed by atoms with van der Waals surface area (Å²) < 4.78 is 0. The second-order valence-electron chi connectivity index (χ2n) is 6.93. The van der Waals surface area contributed by atoms with Crippen LogP contribution >= 0.6 is 0 Å². The Morgan fingerprint density at radius 3 is 2.71 bits per heavy atom. The number of carboxylic acids is 1. The summed E-state index contributed by atoms with van der Waals surface area (Å²) in [6.07, 6.45) is 12.2. The van der Waals surface area contributed by atoms with E-state index in [4.69, 9.17) is 0 Å². The summed E-state index contributed by atoms with van der Waals surface area (Å²) >= 11 is 0. The minimum absolute atomic E-state index is 0.181. The molecule has 0 saturated carbocycles. The molecule has 3 nitrogen and oxygen atoms in total. The van der Waals surface area contributed by atoms with Crippen molar-refractivity contribution >= 4 is 5.97 Å². The SMILES string of the molecule is CC1=CCC(C(C)(C)C2(C(=O)[O-])C=CC=CC2CO)CC1. The average molecular weight is 289 g/mol. The lowest BCUT2D eigenvalue weighted by Crippen LogP contribution is -2.58. The Hall–Kier alpha value is -1.35. The van der Waals surface area contributed by atoms with E-state index in [1.54, 1.807) is 18.2 Å². The largest absolute Gasteiger partial charge is 0.549 e. The zero-order chi connectivity index (χ0) is 15.7. The molecule has 0 radical (unpaired) electrons. The highest BCUT2D eigenvalue weighted by molar-refractivity contribution is 5.78. The van der Waals surface area contributed by atoms with Crippen LogP contribution in [0, 0.1) is 22.7 Å². The molecule has 0 aromatic heterocycles. The van der Waals surface area contributed by atoms with Crippen molar-refractivity contribution < 1.29 is 15.0 Å². The van der Waals surface area contributed by atoms with Gasteiger partial charge < -0.3 is 15.0 Å². The minimum atomic E-state index is -1.15. The quantitative estimate of drug-likeness (QED) is 0.807. The van der Waals surface area contributed by atoms with Gasteiger partial charge in [0.2, 0.25) is 0 Å². The maximum atomic E-state index is 12.1. The molecule has 21 heavy (non-hydrogen) atoms. The fourth-order valence-corrected chi connectivity index (χ4v) is 4.02. The van der Waals surface area contributed by atoms with E-state index in [2.05, 4.69) is 13.0 Å². The molecule has 0 aliphatic heterocycles. The summed E-state index contributed by atoms with van der Waals surface area (Å²) in [6.45, 7) is 5.96. The molecule has 0 fully saturated rings. The Kier molecular flexibility index (Phi) is 4.43. The van der Waals surface area contributed by atoms with E-state index >= 15 is 0 Å². The van der Waals surface area contributed by atoms with E-state index in [0.717, 1.165) is 19.3 Å². The van der Waals surface area contributed by atoms with Gasteiger partial charge >= 0.3 is 0 Å². The molecule has 2 aliphatic rings. The third kappa shape index (κ3) is 2.48. The monoisotopic (exact) mass is 289 g/mol. The Balaban J connectivity index is 2.44. The van der Waals surface area contributed by atoms with Crippen LogP contribution in [0.2, 0.25) is 0 Å². The molecule has 0 heterocycles. The summed E-state index contributed by atoms with van der Waals surface area (Å²) in [5, 5.41) is 21.8. The number of aliphatic hydroxyl groups is 1. The van der Waals surface area contributed by atoms with Gasteiger partial charge in [-0.1, -0.05) is 49.8 Å². The second kappa shape index (κ2) is 5.80. The van der Waals surface area contributed by atoms with Crippen LogP contribution in [-0.4, -0.2) is 17.7 Å². The number of rotatable bonds is 4. The van der Waals surface area contributed by atoms with Crippen molar-refractivity contribution in [2.75, 3.05) is 6.61 Å². The van der Waals surface area contributed by atoms with E-state index in [1.165, 1.54) is 5.57 Å². The zero-order valence-corrected chi connectivity index (χ0v) is 13.1. The van der Waals surface area contributed by atoms with Crippen molar-refractivity contribution in [1.29, 1.82) is 0 Å². The molecule has 0 aromatic carbocycles. The van der Waals surface area contributed by atoms with Crippen molar-refractivity contribution in [3.8, 4) is 0 Å². The molecule has 0 aromatic rings. The summed E-state index contributed by atoms with van der Waals surface area (Å²) in [6, 6.07) is 0. The van der Waals surface area contributed by atoms with Gasteiger partial charge in [-0.15, -0.1) is 0 Å². The van der Waals surface area contributed by atoms with Gasteiger partial charge in [0.15, 0.2) is 0 Å². The predicted molar refractivity (Wildman–Crippen MR) is 81.2 cm³/mol. The molecular formula is C18H25O3-. The number of carboxylic acid groups (broad SMARTS) is 1. The second-order valence-corrected chi connectivity index (χ2v) is 6.93. The molecule has 1 N–H and O–H groups in total. The van der Waals surface area contributed by atoms with Gasteiger partial charge in [0.1, 0.15) is 0 Å². The number of allylic oxidation sites excluding steroid dienone is 4. The van der Waals surface area contributed by atoms with Crippen LogP contribution in [0.3, 0.4) is 0 Å². The van der Waals surface area contributed by atoms with Crippen LogP contribution in [-0.2, 0) is 4.79 Å². The number of carbonyl (C=O) groups excluding carboxylic acids is 1. The summed E-state index contributed by atoms with van der Waals surface area (Å²) in [4.78, 5) is 12.1. The van der Waals surface area contributed by atoms with Crippen molar-refractivity contribution in [3.05, 3.63) is 36.0 Å². The van der Waals surface area contributed by atoms with Crippen molar-refractivity contribution in [1.82, 2.24) is 0 Å². The predicted octanol–water partition coefficient (Wildman–Crippen LogP) is 2.23. The lowest BCUT2D eigenvalue weighted by molar-refractivity contribution is -0.326. The molecule has 116 valence electrons. The Morgan fingerprint density at radius 1 is 1.48 bits per heavy atom. The van der Waals surface area contributed by atoms with Crippen LogP contribution in [0.15, 0.2) is 36.0 Å². The summed E-state index contributed by atoms with van der Waals surface area (Å²) in [5.41, 5.74) is -0.264. The molecule has 0 amide bonds. The summed E-state index contributed by atoms with van der Waals surface area (Å²) in [7, 11) is 0. The van der Waals surface area contributed by atoms with Crippen LogP contribution in [0.25, 0.3) is 0 Å². The molecule has 3 unspecified atom stereocenters. The first kappa shape index (κ1) is 16.0. The highest BCUT2D eigenvalue weighted by atomic mass is 16.4. The van der Waals surface area contributed by atoms with Gasteiger partial charge in [-0.25, -0.2) is 0 Å². The third-order valence-electron chi connectivity index (χ3n) is 5.66. The minimum Gasteiger partial charge on any atom is -0.549 e. The standard InChI is InChI=1S/C18H26O3/c1-13-7-9-14(10-8-13)17(2,3)18(16(20)21)11-5-4-6-15(18)12-19/h4-7,11,14-15,19H,8-10,12H2,1-3H3,(H,20,21)/p-1. The molecule has 2 rings (SSSR count). The van der Waals surface area contributed by atoms with Crippen LogP contribution in [0.4, 0.5) is 0 Å². The maximum Gasteiger partial charge on any atom is 0.0526 e. The molecule has 3 heteroatoms. The highest BCUT2D eigenvalue weighted by Crippen LogP contribution is 2.55. The van der Waals surface area contributed by atoms with Gasteiger partial charge in [-0.05, 0) is 37.5 Å². The fourth-order valence-electron chi connectivity index (χ4n) is 4.02. The first-order valence-corrected chi connectivity index (χ1v) is 7.70. The first-order chi connectivity index (χ1) is 9.86. The molecule has 2 aliphatic carbocycles. The molecule has 0 saturated heterocycles. The van der Waals surface area contributed by atoms with Gasteiger partial charge in [-0.3, -0.25) is 0 Å². The number of aliphatic carboxylic acids is 1. The van der Waals surface area contributed by atoms with Gasteiger partial charge in [-0.2, -0.15) is 0 Å². The van der Waals surface area contributed by atoms with Gasteiger partial charge in [0, 0.05) is 11.3 Å². The molecule has 3 atom stereocenters. The topological polar surface area (TPSA) is 60.4 Å². The van der Waals surface area contributed by atoms with Crippen LogP contribution < -0.4 is 5.11 Å². The third-order valence-corrected chi connectivity index (χ3v) is 5.66. The molecular weight excluding hydrogens is 264 g/mol. The van der Waals surface area contributed by atoms with Crippen molar-refractivity contribution in [2.24, 2.45) is 22.7 Å². The van der Waals surface area contributed by atoms with E-state index in [1.807, 2.05) is 19.9 Å². The van der Waals surface area contributed by atoms with Crippen molar-refractivity contribution in [2.45, 2.75) is 40.0 Å². The number of carbonyl (C=O) groups is 1.